The summed E-state index contributed by atoms with van der Waals surface area (Å²) in [4.78, 5) is 12.2. The van der Waals surface area contributed by atoms with Gasteiger partial charge in [0.15, 0.2) is 5.78 Å². The lowest BCUT2D eigenvalue weighted by Crippen LogP contribution is -2.43. The molecular weight excluding hydrogens is 342 g/mol. The summed E-state index contributed by atoms with van der Waals surface area (Å²) in [7, 11) is 1.63. The van der Waals surface area contributed by atoms with E-state index in [1.54, 1.807) is 18.9 Å². The Kier molecular flexibility index (Phi) is 15.9. The molecule has 0 aromatic carbocycles. The molecule has 150 valence electrons. The minimum atomic E-state index is -0.499. The van der Waals surface area contributed by atoms with E-state index in [0.717, 1.165) is 12.2 Å². The number of ketones is 1. The van der Waals surface area contributed by atoms with Gasteiger partial charge in [-0.3, -0.25) is 4.79 Å². The lowest BCUT2D eigenvalue weighted by atomic mass is 9.99. The summed E-state index contributed by atoms with van der Waals surface area (Å²) in [5.41, 5.74) is 0. The van der Waals surface area contributed by atoms with E-state index in [1.807, 2.05) is 27.7 Å². The van der Waals surface area contributed by atoms with Gasteiger partial charge in [-0.05, 0) is 12.2 Å². The maximum Gasteiger partial charge on any atom is 0.152 e. The minimum Gasteiger partial charge on any atom is -0.390 e. The Morgan fingerprint density at radius 1 is 1.08 bits per heavy atom. The number of rotatable bonds is 17. The van der Waals surface area contributed by atoms with Crippen molar-refractivity contribution in [2.75, 3.05) is 51.6 Å². The zero-order valence-electron chi connectivity index (χ0n) is 16.5. The average Bonchev–Trinajstić information content (AvgIpc) is 2.55. The van der Waals surface area contributed by atoms with Crippen molar-refractivity contribution in [3.8, 4) is 0 Å². The van der Waals surface area contributed by atoms with Gasteiger partial charge in [0, 0.05) is 24.8 Å². The van der Waals surface area contributed by atoms with Crippen molar-refractivity contribution in [2.24, 2.45) is 5.92 Å². The highest BCUT2D eigenvalue weighted by Gasteiger charge is 2.21. The van der Waals surface area contributed by atoms with Crippen LogP contribution < -0.4 is 5.32 Å². The quantitative estimate of drug-likeness (QED) is 0.373. The summed E-state index contributed by atoms with van der Waals surface area (Å²) in [5.74, 6) is 1.73. The molecule has 0 saturated heterocycles. The van der Waals surface area contributed by atoms with Gasteiger partial charge in [-0.2, -0.15) is 11.8 Å². The fourth-order valence-electron chi connectivity index (χ4n) is 2.16. The lowest BCUT2D eigenvalue weighted by Gasteiger charge is -2.22. The van der Waals surface area contributed by atoms with Gasteiger partial charge in [0.05, 0.1) is 45.2 Å². The Balaban J connectivity index is 3.76. The van der Waals surface area contributed by atoms with Crippen LogP contribution in [0.2, 0.25) is 0 Å². The lowest BCUT2D eigenvalue weighted by molar-refractivity contribution is -0.124. The number of ether oxygens (including phenoxy) is 3. The molecule has 7 heteroatoms. The van der Waals surface area contributed by atoms with Crippen LogP contribution in [0, 0.1) is 5.92 Å². The molecule has 25 heavy (non-hydrogen) atoms. The van der Waals surface area contributed by atoms with Gasteiger partial charge in [-0.25, -0.2) is 0 Å². The van der Waals surface area contributed by atoms with E-state index < -0.39 is 6.10 Å². The number of thioether (sulfide) groups is 1. The third kappa shape index (κ3) is 14.7. The molecule has 0 aromatic heterocycles. The van der Waals surface area contributed by atoms with E-state index in [0.29, 0.717) is 38.8 Å². The van der Waals surface area contributed by atoms with Crippen LogP contribution in [0.15, 0.2) is 0 Å². The van der Waals surface area contributed by atoms with Crippen LogP contribution in [0.4, 0.5) is 0 Å². The van der Waals surface area contributed by atoms with Gasteiger partial charge in [-0.1, -0.05) is 27.7 Å². The molecule has 0 aromatic rings. The van der Waals surface area contributed by atoms with E-state index in [4.69, 9.17) is 14.2 Å². The van der Waals surface area contributed by atoms with Crippen LogP contribution in [0.5, 0.6) is 0 Å². The van der Waals surface area contributed by atoms with Crippen LogP contribution in [0.3, 0.4) is 0 Å². The molecule has 0 aliphatic heterocycles. The Morgan fingerprint density at radius 2 is 1.72 bits per heavy atom. The molecule has 1 unspecified atom stereocenters. The molecule has 0 saturated carbocycles. The molecule has 0 bridgehead atoms. The summed E-state index contributed by atoms with van der Waals surface area (Å²) in [6, 6.07) is 0.174. The molecule has 0 rings (SSSR count). The largest absolute Gasteiger partial charge is 0.390 e. The number of Topliss-reactive ketones (excluding diaryl/α,β-unsaturated/α-hetero) is 1. The van der Waals surface area contributed by atoms with Gasteiger partial charge in [0.1, 0.15) is 0 Å². The van der Waals surface area contributed by atoms with Crippen LogP contribution in [0.1, 0.15) is 34.1 Å². The average molecular weight is 380 g/mol. The van der Waals surface area contributed by atoms with Gasteiger partial charge in [-0.15, -0.1) is 0 Å². The van der Waals surface area contributed by atoms with Crippen molar-refractivity contribution >= 4 is 17.5 Å². The van der Waals surface area contributed by atoms with Gasteiger partial charge in [0.25, 0.3) is 0 Å². The first-order valence-electron chi connectivity index (χ1n) is 9.08. The maximum absolute atomic E-state index is 12.2. The van der Waals surface area contributed by atoms with Crippen LogP contribution in [0.25, 0.3) is 0 Å². The SMILES string of the molecule is COCCOCCOCC(O)CSCC[C@H](NC(C)C)C(=O)C(C)C. The summed E-state index contributed by atoms with van der Waals surface area (Å²) >= 11 is 1.65. The molecule has 2 atom stereocenters. The molecule has 0 aliphatic carbocycles. The maximum atomic E-state index is 12.2. The second-order valence-corrected chi connectivity index (χ2v) is 7.78. The molecule has 2 N–H and O–H groups in total. The summed E-state index contributed by atoms with van der Waals surface area (Å²) in [5, 5.41) is 13.2. The first-order chi connectivity index (χ1) is 11.9. The van der Waals surface area contributed by atoms with E-state index in [2.05, 4.69) is 5.32 Å². The molecule has 0 aliphatic rings. The number of hydrogen-bond donors (Lipinski definition) is 2. The minimum absolute atomic E-state index is 0.0337. The standard InChI is InChI=1S/C18H37NO5S/c1-14(2)18(21)17(19-15(3)4)6-11-25-13-16(20)12-24-10-9-23-8-7-22-5/h14-17,19-20H,6-13H2,1-5H3/t16?,17-/m0/s1. The third-order valence-corrected chi connectivity index (χ3v) is 4.57. The van der Waals surface area contributed by atoms with Crippen molar-refractivity contribution in [1.82, 2.24) is 5.32 Å². The molecule has 0 radical (unpaired) electrons. The molecular formula is C18H37NO5S. The summed E-state index contributed by atoms with van der Waals surface area (Å²) in [6.07, 6.45) is 0.280. The fourth-order valence-corrected chi connectivity index (χ4v) is 3.10. The van der Waals surface area contributed by atoms with E-state index in [1.165, 1.54) is 0 Å². The highest BCUT2D eigenvalue weighted by atomic mass is 32.2. The third-order valence-electron chi connectivity index (χ3n) is 3.42. The smallest absolute Gasteiger partial charge is 0.152 e. The van der Waals surface area contributed by atoms with Crippen LogP contribution in [-0.2, 0) is 19.0 Å². The van der Waals surface area contributed by atoms with Crippen LogP contribution in [-0.4, -0.2) is 80.7 Å². The fraction of sp³-hybridized carbons (Fsp3) is 0.944. The Morgan fingerprint density at radius 3 is 2.32 bits per heavy atom. The number of hydrogen-bond acceptors (Lipinski definition) is 7. The van der Waals surface area contributed by atoms with Crippen LogP contribution >= 0.6 is 11.8 Å². The topological polar surface area (TPSA) is 77.0 Å². The summed E-state index contributed by atoms with van der Waals surface area (Å²) < 4.78 is 15.5. The monoisotopic (exact) mass is 379 g/mol. The molecule has 0 spiro atoms. The Bertz CT molecular complexity index is 329. The predicted octanol–water partition coefficient (Wildman–Crippen LogP) is 1.74. The number of aliphatic hydroxyl groups excluding tert-OH is 1. The van der Waals surface area contributed by atoms with E-state index >= 15 is 0 Å². The Hall–Kier alpha value is -0.180. The Labute approximate surface area is 157 Å². The number of methoxy groups -OCH3 is 1. The van der Waals surface area contributed by atoms with Crippen molar-refractivity contribution in [3.63, 3.8) is 0 Å². The highest BCUT2D eigenvalue weighted by molar-refractivity contribution is 7.99. The number of aliphatic hydroxyl groups is 1. The van der Waals surface area contributed by atoms with E-state index in [9.17, 15) is 9.90 Å². The number of carbonyl (C=O) groups is 1. The predicted molar refractivity (Wildman–Crippen MR) is 103 cm³/mol. The highest BCUT2D eigenvalue weighted by Crippen LogP contribution is 2.11. The zero-order chi connectivity index (χ0) is 19.1. The molecule has 6 nitrogen and oxygen atoms in total. The summed E-state index contributed by atoms with van der Waals surface area (Å²) in [6.45, 7) is 10.4. The van der Waals surface area contributed by atoms with Gasteiger partial charge < -0.3 is 24.6 Å². The molecule has 0 fully saturated rings. The van der Waals surface area contributed by atoms with Gasteiger partial charge >= 0.3 is 0 Å². The second kappa shape index (κ2) is 16.0. The first-order valence-corrected chi connectivity index (χ1v) is 10.2. The van der Waals surface area contributed by atoms with Crippen molar-refractivity contribution < 1.29 is 24.1 Å². The number of carbonyl (C=O) groups excluding carboxylic acids is 1. The van der Waals surface area contributed by atoms with Gasteiger partial charge in [0.2, 0.25) is 0 Å². The molecule has 0 heterocycles. The normalized spacial score (nSPS) is 14.2. The second-order valence-electron chi connectivity index (χ2n) is 6.63. The number of nitrogens with one attached hydrogen (secondary N) is 1. The van der Waals surface area contributed by atoms with Crippen molar-refractivity contribution in [3.05, 3.63) is 0 Å². The van der Waals surface area contributed by atoms with E-state index in [-0.39, 0.29) is 23.8 Å². The molecule has 0 amide bonds. The van der Waals surface area contributed by atoms with Crippen molar-refractivity contribution in [1.29, 1.82) is 0 Å². The zero-order valence-corrected chi connectivity index (χ0v) is 17.3. The van der Waals surface area contributed by atoms with Crippen molar-refractivity contribution in [2.45, 2.75) is 52.3 Å². The first kappa shape index (κ1) is 24.8.